The topological polar surface area (TPSA) is 251 Å². The van der Waals surface area contributed by atoms with Crippen molar-refractivity contribution >= 4 is 48.2 Å². The quantitative estimate of drug-likeness (QED) is 0.115. The lowest BCUT2D eigenvalue weighted by Crippen LogP contribution is -2.58. The van der Waals surface area contributed by atoms with E-state index in [1.165, 1.54) is 24.3 Å². The maximum absolute atomic E-state index is 12.7. The Balaban J connectivity index is 2.93. The Morgan fingerprint density at radius 3 is 1.83 bits per heavy atom. The molecule has 0 aliphatic carbocycles. The number of rotatable bonds is 14. The highest BCUT2D eigenvalue weighted by Crippen LogP contribution is 2.12. The predicted molar refractivity (Wildman–Crippen MR) is 123 cm³/mol. The Morgan fingerprint density at radius 1 is 0.829 bits per heavy atom. The molecule has 0 saturated heterocycles. The minimum atomic E-state index is -1.69. The lowest BCUT2D eigenvalue weighted by Gasteiger charge is -2.23. The molecular weight excluding hydrogens is 486 g/mol. The van der Waals surface area contributed by atoms with Crippen LogP contribution in [0.4, 0.5) is 0 Å². The van der Waals surface area contributed by atoms with Crippen LogP contribution in [-0.2, 0) is 35.2 Å². The first-order valence-corrected chi connectivity index (χ1v) is 10.8. The molecule has 0 bridgehead atoms. The van der Waals surface area contributed by atoms with E-state index in [1.807, 2.05) is 0 Å². The highest BCUT2D eigenvalue weighted by molar-refractivity contribution is 7.80. The van der Waals surface area contributed by atoms with E-state index in [4.69, 9.17) is 16.6 Å². The van der Waals surface area contributed by atoms with E-state index < -0.39 is 72.6 Å². The number of carboxylic acid groups (broad SMARTS) is 2. The number of carbonyl (C=O) groups is 6. The molecule has 0 aliphatic heterocycles. The zero-order chi connectivity index (χ0) is 26.7. The van der Waals surface area contributed by atoms with Gasteiger partial charge in [0.25, 0.3) is 0 Å². The van der Waals surface area contributed by atoms with Crippen LogP contribution in [-0.4, -0.2) is 80.8 Å². The summed E-state index contributed by atoms with van der Waals surface area (Å²) in [5.74, 6) is -7.05. The summed E-state index contributed by atoms with van der Waals surface area (Å²) in [6.45, 7) is 0. The third-order valence-corrected chi connectivity index (χ3v) is 4.94. The predicted octanol–water partition coefficient (Wildman–Crippen LogP) is -2.92. The maximum atomic E-state index is 12.7. The molecule has 0 saturated carbocycles. The van der Waals surface area contributed by atoms with E-state index in [2.05, 4.69) is 28.6 Å². The number of nitrogens with one attached hydrogen (secondary N) is 3. The van der Waals surface area contributed by atoms with Gasteiger partial charge in [0.15, 0.2) is 0 Å². The minimum Gasteiger partial charge on any atom is -0.508 e. The number of phenols is 1. The number of primary amides is 1. The largest absolute Gasteiger partial charge is 0.508 e. The number of benzene rings is 1. The molecule has 4 amide bonds. The molecule has 0 fully saturated rings. The van der Waals surface area contributed by atoms with Gasteiger partial charge >= 0.3 is 11.9 Å². The van der Waals surface area contributed by atoms with Crippen LogP contribution in [0.25, 0.3) is 0 Å². The van der Waals surface area contributed by atoms with Crippen molar-refractivity contribution in [2.24, 2.45) is 11.5 Å². The number of nitrogens with two attached hydrogens (primary N) is 2. The summed E-state index contributed by atoms with van der Waals surface area (Å²) in [5.41, 5.74) is 10.9. The first-order valence-electron chi connectivity index (χ1n) is 10.1. The van der Waals surface area contributed by atoms with Crippen molar-refractivity contribution in [3.05, 3.63) is 29.8 Å². The molecule has 15 heteroatoms. The summed E-state index contributed by atoms with van der Waals surface area (Å²) >= 11 is 3.94. The summed E-state index contributed by atoms with van der Waals surface area (Å²) < 4.78 is 0. The van der Waals surface area contributed by atoms with Crippen LogP contribution in [0.5, 0.6) is 5.75 Å². The van der Waals surface area contributed by atoms with Gasteiger partial charge in [-0.2, -0.15) is 12.6 Å². The summed E-state index contributed by atoms with van der Waals surface area (Å²) in [6.07, 6.45) is -1.58. The molecule has 0 spiro atoms. The number of hydrogen-bond acceptors (Lipinski definition) is 9. The molecule has 0 radical (unpaired) electrons. The first-order chi connectivity index (χ1) is 16.3. The van der Waals surface area contributed by atoms with Gasteiger partial charge < -0.3 is 42.7 Å². The van der Waals surface area contributed by atoms with Gasteiger partial charge in [0.1, 0.15) is 23.9 Å². The van der Waals surface area contributed by atoms with E-state index in [-0.39, 0.29) is 17.9 Å². The van der Waals surface area contributed by atoms with Gasteiger partial charge in [0.05, 0.1) is 18.9 Å². The van der Waals surface area contributed by atoms with Crippen LogP contribution in [0.15, 0.2) is 24.3 Å². The number of carboxylic acids is 2. The lowest BCUT2D eigenvalue weighted by molar-refractivity contribution is -0.143. The van der Waals surface area contributed by atoms with Crippen LogP contribution in [0.2, 0.25) is 0 Å². The number of thiol groups is 1. The Hall–Kier alpha value is -3.85. The van der Waals surface area contributed by atoms with E-state index in [0.717, 1.165) is 0 Å². The molecule has 0 aliphatic rings. The summed E-state index contributed by atoms with van der Waals surface area (Å²) in [7, 11) is 0. The van der Waals surface area contributed by atoms with Crippen molar-refractivity contribution in [2.45, 2.75) is 43.4 Å². The second-order valence-electron chi connectivity index (χ2n) is 7.45. The zero-order valence-corrected chi connectivity index (χ0v) is 19.2. The van der Waals surface area contributed by atoms with E-state index in [0.29, 0.717) is 5.56 Å². The van der Waals surface area contributed by atoms with Crippen molar-refractivity contribution < 1.29 is 44.1 Å². The summed E-state index contributed by atoms with van der Waals surface area (Å²) in [5, 5.41) is 34.4. The fourth-order valence-electron chi connectivity index (χ4n) is 2.78. The van der Waals surface area contributed by atoms with Gasteiger partial charge in [0, 0.05) is 12.2 Å². The number of phenolic OH excluding ortho intramolecular Hbond substituents is 1. The number of hydrogen-bond donors (Lipinski definition) is 9. The monoisotopic (exact) mass is 513 g/mol. The number of amides is 4. The zero-order valence-electron chi connectivity index (χ0n) is 18.3. The molecule has 10 N–H and O–H groups in total. The number of carbonyl (C=O) groups excluding carboxylic acids is 4. The third kappa shape index (κ3) is 10.3. The van der Waals surface area contributed by atoms with Crippen LogP contribution < -0.4 is 27.4 Å². The Labute approximate surface area is 204 Å². The molecular formula is C20H27N5O9S. The van der Waals surface area contributed by atoms with Crippen LogP contribution >= 0.6 is 12.6 Å². The Morgan fingerprint density at radius 2 is 1.34 bits per heavy atom. The summed E-state index contributed by atoms with van der Waals surface area (Å²) in [6, 6.07) is -0.353. The fourth-order valence-corrected chi connectivity index (χ4v) is 3.04. The van der Waals surface area contributed by atoms with Gasteiger partial charge in [-0.05, 0) is 17.7 Å². The molecule has 1 aromatic carbocycles. The minimum absolute atomic E-state index is 0.0460. The normalized spacial score (nSPS) is 14.0. The molecule has 4 atom stereocenters. The lowest BCUT2D eigenvalue weighted by atomic mass is 10.0. The Bertz CT molecular complexity index is 957. The number of aliphatic carboxylic acids is 2. The molecule has 0 aromatic heterocycles. The van der Waals surface area contributed by atoms with Gasteiger partial charge in [-0.25, -0.2) is 4.79 Å². The summed E-state index contributed by atoms with van der Waals surface area (Å²) in [4.78, 5) is 71.0. The van der Waals surface area contributed by atoms with Crippen molar-refractivity contribution in [3.63, 3.8) is 0 Å². The van der Waals surface area contributed by atoms with Crippen LogP contribution in [0, 0.1) is 0 Å². The smallest absolute Gasteiger partial charge is 0.326 e. The van der Waals surface area contributed by atoms with Crippen molar-refractivity contribution in [2.75, 3.05) is 5.75 Å². The SMILES string of the molecule is NC(=O)CC(N)C(=O)NC(CS)C(=O)NC(CC(=O)O)C(=O)NC(Cc1ccc(O)cc1)C(=O)O. The van der Waals surface area contributed by atoms with Crippen LogP contribution in [0.1, 0.15) is 18.4 Å². The molecule has 1 rings (SSSR count). The first kappa shape index (κ1) is 29.2. The van der Waals surface area contributed by atoms with Gasteiger partial charge in [-0.3, -0.25) is 24.0 Å². The Kier molecular flexibility index (Phi) is 11.5. The van der Waals surface area contributed by atoms with E-state index >= 15 is 0 Å². The molecule has 4 unspecified atom stereocenters. The van der Waals surface area contributed by atoms with Gasteiger partial charge in [-0.1, -0.05) is 12.1 Å². The molecule has 192 valence electrons. The average molecular weight is 514 g/mol. The fraction of sp³-hybridized carbons (Fsp3) is 0.400. The maximum Gasteiger partial charge on any atom is 0.326 e. The van der Waals surface area contributed by atoms with E-state index in [9.17, 15) is 39.0 Å². The molecule has 35 heavy (non-hydrogen) atoms. The molecule has 14 nitrogen and oxygen atoms in total. The number of aromatic hydroxyl groups is 1. The third-order valence-electron chi connectivity index (χ3n) is 4.58. The average Bonchev–Trinajstić information content (AvgIpc) is 2.76. The van der Waals surface area contributed by atoms with Crippen molar-refractivity contribution in [1.29, 1.82) is 0 Å². The van der Waals surface area contributed by atoms with Gasteiger partial charge in [-0.15, -0.1) is 0 Å². The van der Waals surface area contributed by atoms with Gasteiger partial charge in [0.2, 0.25) is 23.6 Å². The van der Waals surface area contributed by atoms with E-state index in [1.54, 1.807) is 0 Å². The second kappa shape index (κ2) is 13.8. The van der Waals surface area contributed by atoms with Crippen LogP contribution in [0.3, 0.4) is 0 Å². The highest BCUT2D eigenvalue weighted by Gasteiger charge is 2.31. The second-order valence-corrected chi connectivity index (χ2v) is 7.81. The van der Waals surface area contributed by atoms with Crippen molar-refractivity contribution in [3.8, 4) is 5.75 Å². The molecule has 1 aromatic rings. The molecule has 0 heterocycles. The van der Waals surface area contributed by atoms with Crippen molar-refractivity contribution in [1.82, 2.24) is 16.0 Å². The standard InChI is InChI=1S/C20H27N5O9S/c21-11(6-15(22)27)17(30)25-14(8-35)19(32)23-12(7-16(28)29)18(31)24-13(20(33)34)5-9-1-3-10(26)4-2-9/h1-4,11-14,26,35H,5-8,21H2,(H2,22,27)(H,23,32)(H,24,31)(H,25,30)(H,28,29)(H,33,34). The highest BCUT2D eigenvalue weighted by atomic mass is 32.1.